The number of carbonyl (C=O) groups excluding carboxylic acids is 1. The summed E-state index contributed by atoms with van der Waals surface area (Å²) in [6, 6.07) is 5.87. The number of likely N-dealkylation sites (tertiary alicyclic amines) is 1. The number of aryl methyl sites for hydroxylation is 1. The third-order valence-corrected chi connectivity index (χ3v) is 4.45. The van der Waals surface area contributed by atoms with Crippen LogP contribution in [0.1, 0.15) is 6.42 Å². The van der Waals surface area contributed by atoms with Gasteiger partial charge in [-0.05, 0) is 18.1 Å². The standard InChI is InChI=1S/C18H19FN6O/c1-24-9-14(8-21-24)12-2-3-13-7-20-18(22-16(13)6-12)23-17(26)11-25-5-4-15(19)10-25/h2-3,6-9,15H,4-5,10-11H2,1H3,(H,20,22,23,26)/t15-/m1/s1. The molecule has 1 aliphatic heterocycles. The zero-order valence-corrected chi connectivity index (χ0v) is 14.4. The van der Waals surface area contributed by atoms with E-state index in [0.717, 1.165) is 22.0 Å². The molecule has 0 radical (unpaired) electrons. The first kappa shape index (κ1) is 16.6. The molecule has 1 aromatic carbocycles. The minimum Gasteiger partial charge on any atom is -0.293 e. The molecule has 1 atom stereocenters. The minimum absolute atomic E-state index is 0.150. The van der Waals surface area contributed by atoms with Crippen molar-refractivity contribution in [1.82, 2.24) is 24.6 Å². The Kier molecular flexibility index (Phi) is 4.34. The van der Waals surface area contributed by atoms with Crippen LogP contribution in [0.25, 0.3) is 22.0 Å². The fourth-order valence-electron chi connectivity index (χ4n) is 3.13. The number of anilines is 1. The first-order valence-corrected chi connectivity index (χ1v) is 8.49. The second-order valence-corrected chi connectivity index (χ2v) is 6.54. The zero-order chi connectivity index (χ0) is 18.1. The number of nitrogens with one attached hydrogen (secondary N) is 1. The normalized spacial score (nSPS) is 17.7. The van der Waals surface area contributed by atoms with Gasteiger partial charge in [-0.25, -0.2) is 14.4 Å². The molecule has 8 heteroatoms. The Labute approximate surface area is 149 Å². The molecule has 1 aliphatic rings. The molecular formula is C18H19FN6O. The van der Waals surface area contributed by atoms with Gasteiger partial charge in [-0.15, -0.1) is 0 Å². The molecule has 3 aromatic rings. The van der Waals surface area contributed by atoms with E-state index in [-0.39, 0.29) is 18.4 Å². The molecule has 3 heterocycles. The highest BCUT2D eigenvalue weighted by Crippen LogP contribution is 2.23. The Morgan fingerprint density at radius 1 is 1.35 bits per heavy atom. The van der Waals surface area contributed by atoms with Crippen LogP contribution in [-0.2, 0) is 11.8 Å². The summed E-state index contributed by atoms with van der Waals surface area (Å²) in [5, 5.41) is 7.76. The molecule has 0 aliphatic carbocycles. The van der Waals surface area contributed by atoms with Gasteiger partial charge in [0.15, 0.2) is 0 Å². The summed E-state index contributed by atoms with van der Waals surface area (Å²) < 4.78 is 14.9. The maximum Gasteiger partial charge on any atom is 0.240 e. The van der Waals surface area contributed by atoms with Crippen LogP contribution in [0.2, 0.25) is 0 Å². The van der Waals surface area contributed by atoms with E-state index in [1.807, 2.05) is 31.4 Å². The van der Waals surface area contributed by atoms with Crippen LogP contribution < -0.4 is 5.32 Å². The number of hydrogen-bond acceptors (Lipinski definition) is 5. The molecule has 1 N–H and O–H groups in total. The number of halogens is 1. The fraction of sp³-hybridized carbons (Fsp3) is 0.333. The molecule has 7 nitrogen and oxygen atoms in total. The second-order valence-electron chi connectivity index (χ2n) is 6.54. The van der Waals surface area contributed by atoms with Crippen molar-refractivity contribution in [2.45, 2.75) is 12.6 Å². The van der Waals surface area contributed by atoms with E-state index in [4.69, 9.17) is 0 Å². The number of aromatic nitrogens is 4. The Hall–Kier alpha value is -2.87. The third kappa shape index (κ3) is 3.55. The van der Waals surface area contributed by atoms with Gasteiger partial charge in [0.2, 0.25) is 11.9 Å². The lowest BCUT2D eigenvalue weighted by Crippen LogP contribution is -2.32. The first-order chi connectivity index (χ1) is 12.6. The first-order valence-electron chi connectivity index (χ1n) is 8.49. The maximum absolute atomic E-state index is 13.2. The van der Waals surface area contributed by atoms with E-state index in [0.29, 0.717) is 19.5 Å². The lowest BCUT2D eigenvalue weighted by atomic mass is 10.1. The predicted octanol–water partition coefficient (Wildman–Crippen LogP) is 2.01. The molecule has 0 saturated carbocycles. The summed E-state index contributed by atoms with van der Waals surface area (Å²) in [5.74, 6) is 0.0173. The fourth-order valence-corrected chi connectivity index (χ4v) is 3.13. The average molecular weight is 354 g/mol. The van der Waals surface area contributed by atoms with Crippen molar-refractivity contribution in [3.8, 4) is 11.1 Å². The number of nitrogens with zero attached hydrogens (tertiary/aromatic N) is 5. The van der Waals surface area contributed by atoms with Crippen molar-refractivity contribution in [2.24, 2.45) is 7.05 Å². The monoisotopic (exact) mass is 354 g/mol. The molecule has 1 amide bonds. The third-order valence-electron chi connectivity index (χ3n) is 4.45. The van der Waals surface area contributed by atoms with Crippen molar-refractivity contribution >= 4 is 22.8 Å². The van der Waals surface area contributed by atoms with E-state index < -0.39 is 6.17 Å². The Morgan fingerprint density at radius 3 is 2.96 bits per heavy atom. The van der Waals surface area contributed by atoms with Gasteiger partial charge in [0, 0.05) is 43.5 Å². The summed E-state index contributed by atoms with van der Waals surface area (Å²) >= 11 is 0. The second kappa shape index (κ2) is 6.80. The van der Waals surface area contributed by atoms with Crippen LogP contribution in [0.5, 0.6) is 0 Å². The van der Waals surface area contributed by atoms with Gasteiger partial charge in [-0.3, -0.25) is 19.7 Å². The van der Waals surface area contributed by atoms with Crippen molar-refractivity contribution in [1.29, 1.82) is 0 Å². The molecule has 4 rings (SSSR count). The van der Waals surface area contributed by atoms with Gasteiger partial charge in [-0.2, -0.15) is 5.10 Å². The van der Waals surface area contributed by atoms with E-state index in [1.54, 1.807) is 22.0 Å². The molecule has 1 saturated heterocycles. The summed E-state index contributed by atoms with van der Waals surface area (Å²) in [6.45, 7) is 1.06. The Morgan fingerprint density at radius 2 is 2.23 bits per heavy atom. The number of alkyl halides is 1. The highest BCUT2D eigenvalue weighted by molar-refractivity contribution is 5.92. The number of carbonyl (C=O) groups is 1. The quantitative estimate of drug-likeness (QED) is 0.776. The van der Waals surface area contributed by atoms with Gasteiger partial charge in [0.1, 0.15) is 6.17 Å². The SMILES string of the molecule is Cn1cc(-c2ccc3cnc(NC(=O)CN4CC[C@@H](F)C4)nc3c2)cn1. The molecular weight excluding hydrogens is 335 g/mol. The van der Waals surface area contributed by atoms with Gasteiger partial charge in [0.05, 0.1) is 18.3 Å². The van der Waals surface area contributed by atoms with Gasteiger partial charge >= 0.3 is 0 Å². The zero-order valence-electron chi connectivity index (χ0n) is 14.4. The molecule has 1 fully saturated rings. The number of amides is 1. The number of benzene rings is 1. The summed E-state index contributed by atoms with van der Waals surface area (Å²) in [4.78, 5) is 22.6. The lowest BCUT2D eigenvalue weighted by molar-refractivity contribution is -0.117. The number of hydrogen-bond donors (Lipinski definition) is 1. The van der Waals surface area contributed by atoms with Crippen LogP contribution >= 0.6 is 0 Å². The molecule has 0 bridgehead atoms. The van der Waals surface area contributed by atoms with E-state index in [2.05, 4.69) is 20.4 Å². The number of fused-ring (bicyclic) bond motifs is 1. The molecule has 134 valence electrons. The van der Waals surface area contributed by atoms with Gasteiger partial charge in [0.25, 0.3) is 0 Å². The van der Waals surface area contributed by atoms with Crippen molar-refractivity contribution in [3.05, 3.63) is 36.8 Å². The molecule has 0 unspecified atom stereocenters. The van der Waals surface area contributed by atoms with Crippen LogP contribution in [0, 0.1) is 0 Å². The average Bonchev–Trinajstić information content (AvgIpc) is 3.22. The maximum atomic E-state index is 13.2. The summed E-state index contributed by atoms with van der Waals surface area (Å²) in [7, 11) is 1.87. The van der Waals surface area contributed by atoms with Crippen LogP contribution in [0.3, 0.4) is 0 Å². The smallest absolute Gasteiger partial charge is 0.240 e. The minimum atomic E-state index is -0.842. The molecule has 2 aromatic heterocycles. The molecule has 26 heavy (non-hydrogen) atoms. The van der Waals surface area contributed by atoms with Gasteiger partial charge in [-0.1, -0.05) is 12.1 Å². The predicted molar refractivity (Wildman–Crippen MR) is 96.3 cm³/mol. The molecule has 0 spiro atoms. The largest absolute Gasteiger partial charge is 0.293 e. The highest BCUT2D eigenvalue weighted by atomic mass is 19.1. The van der Waals surface area contributed by atoms with Crippen molar-refractivity contribution in [3.63, 3.8) is 0 Å². The summed E-state index contributed by atoms with van der Waals surface area (Å²) in [6.07, 6.45) is 5.04. The topological polar surface area (TPSA) is 75.9 Å². The highest BCUT2D eigenvalue weighted by Gasteiger charge is 2.23. The van der Waals surface area contributed by atoms with Crippen molar-refractivity contribution in [2.75, 3.05) is 25.0 Å². The van der Waals surface area contributed by atoms with E-state index in [9.17, 15) is 9.18 Å². The summed E-state index contributed by atoms with van der Waals surface area (Å²) in [5.41, 5.74) is 2.72. The lowest BCUT2D eigenvalue weighted by Gasteiger charge is -2.13. The van der Waals surface area contributed by atoms with E-state index in [1.165, 1.54) is 0 Å². The van der Waals surface area contributed by atoms with Crippen LogP contribution in [0.4, 0.5) is 10.3 Å². The van der Waals surface area contributed by atoms with Gasteiger partial charge < -0.3 is 0 Å². The Balaban J connectivity index is 1.51. The Bertz CT molecular complexity index is 956. The van der Waals surface area contributed by atoms with E-state index >= 15 is 0 Å². The van der Waals surface area contributed by atoms with Crippen LogP contribution in [-0.4, -0.2) is 56.4 Å². The van der Waals surface area contributed by atoms with Crippen molar-refractivity contribution < 1.29 is 9.18 Å². The number of rotatable bonds is 4. The van der Waals surface area contributed by atoms with Crippen LogP contribution in [0.15, 0.2) is 36.8 Å².